The van der Waals surface area contributed by atoms with Gasteiger partial charge in [0.05, 0.1) is 17.9 Å². The zero-order valence-electron chi connectivity index (χ0n) is 20.9. The number of nitrogens with zero attached hydrogens (tertiary/aromatic N) is 4. The number of benzene rings is 2. The first-order valence-electron chi connectivity index (χ1n) is 12.6. The average Bonchev–Trinajstić information content (AvgIpc) is 3.68. The molecule has 9 nitrogen and oxygen atoms in total. The molecule has 0 aliphatic carbocycles. The van der Waals surface area contributed by atoms with E-state index in [-0.39, 0.29) is 24.5 Å². The lowest BCUT2D eigenvalue weighted by molar-refractivity contribution is -0.142. The third-order valence-corrected chi connectivity index (χ3v) is 6.65. The maximum absolute atomic E-state index is 13.8. The zero-order valence-corrected chi connectivity index (χ0v) is 20.9. The molecule has 0 spiro atoms. The maximum atomic E-state index is 13.8. The Morgan fingerprint density at radius 1 is 1.16 bits per heavy atom. The smallest absolute Gasteiger partial charge is 0.250 e. The minimum Gasteiger partial charge on any atom is -0.467 e. The highest BCUT2D eigenvalue weighted by Crippen LogP contribution is 2.24. The molecule has 2 amide bonds. The lowest BCUT2D eigenvalue weighted by atomic mass is 10.1. The molecule has 2 aromatic carbocycles. The summed E-state index contributed by atoms with van der Waals surface area (Å²) in [4.78, 5) is 29.0. The third-order valence-electron chi connectivity index (χ3n) is 6.65. The van der Waals surface area contributed by atoms with Crippen molar-refractivity contribution in [1.82, 2.24) is 25.2 Å². The molecule has 2 atom stereocenters. The predicted molar refractivity (Wildman–Crippen MR) is 138 cm³/mol. The summed E-state index contributed by atoms with van der Waals surface area (Å²) < 4.78 is 12.9. The minimum absolute atomic E-state index is 0.0147. The van der Waals surface area contributed by atoms with Crippen LogP contribution in [0.3, 0.4) is 0 Å². The Morgan fingerprint density at radius 3 is 2.84 bits per heavy atom. The summed E-state index contributed by atoms with van der Waals surface area (Å²) in [6, 6.07) is 18.2. The summed E-state index contributed by atoms with van der Waals surface area (Å²) in [6.07, 6.45) is 3.97. The van der Waals surface area contributed by atoms with Crippen LogP contribution in [-0.4, -0.2) is 57.5 Å². The molecule has 192 valence electrons. The highest BCUT2D eigenvalue weighted by Gasteiger charge is 2.34. The number of para-hydroxylation sites is 1. The van der Waals surface area contributed by atoms with Gasteiger partial charge in [-0.1, -0.05) is 47.2 Å². The number of aromatic nitrogens is 3. The largest absolute Gasteiger partial charge is 0.467 e. The molecule has 1 aliphatic rings. The van der Waals surface area contributed by atoms with Crippen molar-refractivity contribution in [1.29, 1.82) is 0 Å². The van der Waals surface area contributed by atoms with Gasteiger partial charge in [0.15, 0.2) is 6.04 Å². The summed E-state index contributed by atoms with van der Waals surface area (Å²) >= 11 is 0. The number of fused-ring (bicyclic) bond motifs is 1. The van der Waals surface area contributed by atoms with E-state index in [0.29, 0.717) is 37.4 Å². The number of hydrogen-bond donors (Lipinski definition) is 1. The molecule has 0 bridgehead atoms. The van der Waals surface area contributed by atoms with E-state index in [9.17, 15) is 9.59 Å². The Morgan fingerprint density at radius 2 is 2.05 bits per heavy atom. The Bertz CT molecular complexity index is 1340. The molecule has 1 saturated heterocycles. The molecule has 2 aromatic heterocycles. The van der Waals surface area contributed by atoms with Crippen LogP contribution in [0.4, 0.5) is 0 Å². The van der Waals surface area contributed by atoms with Gasteiger partial charge in [0.25, 0.3) is 5.91 Å². The number of hydrogen-bond acceptors (Lipinski definition) is 6. The third kappa shape index (κ3) is 5.89. The van der Waals surface area contributed by atoms with E-state index in [2.05, 4.69) is 21.7 Å². The van der Waals surface area contributed by atoms with Gasteiger partial charge in [-0.2, -0.15) is 0 Å². The van der Waals surface area contributed by atoms with Gasteiger partial charge < -0.3 is 19.4 Å². The molecule has 5 rings (SSSR count). The monoisotopic (exact) mass is 501 g/mol. The van der Waals surface area contributed by atoms with Crippen molar-refractivity contribution in [3.8, 4) is 0 Å². The van der Waals surface area contributed by atoms with Crippen LogP contribution < -0.4 is 5.32 Å². The van der Waals surface area contributed by atoms with E-state index in [1.807, 2.05) is 49.4 Å². The van der Waals surface area contributed by atoms with Crippen molar-refractivity contribution < 1.29 is 18.7 Å². The first kappa shape index (κ1) is 24.7. The van der Waals surface area contributed by atoms with E-state index in [1.165, 1.54) is 6.26 Å². The van der Waals surface area contributed by atoms with Gasteiger partial charge >= 0.3 is 0 Å². The second kappa shape index (κ2) is 11.4. The van der Waals surface area contributed by atoms with Crippen LogP contribution in [0.5, 0.6) is 0 Å². The molecular weight excluding hydrogens is 470 g/mol. The molecule has 3 heterocycles. The van der Waals surface area contributed by atoms with E-state index in [4.69, 9.17) is 9.15 Å². The maximum Gasteiger partial charge on any atom is 0.250 e. The van der Waals surface area contributed by atoms with Crippen LogP contribution in [0.1, 0.15) is 35.8 Å². The summed E-state index contributed by atoms with van der Waals surface area (Å²) in [5.74, 6) is -0.144. The average molecular weight is 502 g/mol. The molecule has 0 radical (unpaired) electrons. The molecule has 1 fully saturated rings. The zero-order chi connectivity index (χ0) is 25.6. The number of carbonyl (C=O) groups excluding carboxylic acids is 2. The van der Waals surface area contributed by atoms with Gasteiger partial charge in [-0.15, -0.1) is 5.10 Å². The van der Waals surface area contributed by atoms with Gasteiger partial charge in [-0.3, -0.25) is 9.59 Å². The molecule has 37 heavy (non-hydrogen) atoms. The minimum atomic E-state index is -0.927. The van der Waals surface area contributed by atoms with Crippen LogP contribution in [0.15, 0.2) is 71.3 Å². The molecule has 0 unspecified atom stereocenters. The van der Waals surface area contributed by atoms with Crippen molar-refractivity contribution in [3.63, 3.8) is 0 Å². The standard InChI is InChI=1S/C28H31N5O4/c1-20-7-4-8-21(17-20)13-14-32(26(34)19-33-24-11-3-2-10-23(24)30-31-33)27(25-12-6-16-37-25)28(35)29-18-22-9-5-15-36-22/h2-4,6-8,10-12,16-17,22,27H,5,9,13-15,18-19H2,1H3,(H,29,35)/t22-,27-/m0/s1. The van der Waals surface area contributed by atoms with Gasteiger partial charge in [0, 0.05) is 19.7 Å². The van der Waals surface area contributed by atoms with Crippen LogP contribution >= 0.6 is 0 Å². The molecule has 1 N–H and O–H groups in total. The SMILES string of the molecule is Cc1cccc(CCN(C(=O)Cn2nnc3ccccc32)[C@H](C(=O)NC[C@@H]2CCCO2)c2ccco2)c1. The lowest BCUT2D eigenvalue weighted by Crippen LogP contribution is -2.47. The van der Waals surface area contributed by atoms with Crippen LogP contribution in [0.2, 0.25) is 0 Å². The quantitative estimate of drug-likeness (QED) is 0.357. The van der Waals surface area contributed by atoms with E-state index in [0.717, 1.165) is 29.5 Å². The fourth-order valence-electron chi connectivity index (χ4n) is 4.76. The summed E-state index contributed by atoms with van der Waals surface area (Å²) in [5.41, 5.74) is 3.69. The van der Waals surface area contributed by atoms with Gasteiger partial charge in [0.2, 0.25) is 5.91 Å². The number of amides is 2. The number of nitrogens with one attached hydrogen (secondary N) is 1. The number of aryl methyl sites for hydroxylation is 1. The van der Waals surface area contributed by atoms with Crippen molar-refractivity contribution in [2.75, 3.05) is 19.7 Å². The number of furan rings is 1. The van der Waals surface area contributed by atoms with Gasteiger partial charge in [-0.25, -0.2) is 4.68 Å². The topological polar surface area (TPSA) is 102 Å². The summed E-state index contributed by atoms with van der Waals surface area (Å²) in [6.45, 7) is 3.41. The Labute approximate surface area is 215 Å². The van der Waals surface area contributed by atoms with Crippen molar-refractivity contribution in [2.45, 2.75) is 44.9 Å². The van der Waals surface area contributed by atoms with E-state index in [1.54, 1.807) is 21.7 Å². The van der Waals surface area contributed by atoms with E-state index >= 15 is 0 Å². The fourth-order valence-corrected chi connectivity index (χ4v) is 4.76. The number of carbonyl (C=O) groups is 2. The Balaban J connectivity index is 1.42. The van der Waals surface area contributed by atoms with E-state index < -0.39 is 6.04 Å². The van der Waals surface area contributed by atoms with Crippen LogP contribution in [0, 0.1) is 6.92 Å². The Hall–Kier alpha value is -3.98. The summed E-state index contributed by atoms with van der Waals surface area (Å²) in [5, 5.41) is 11.3. The molecule has 4 aromatic rings. The predicted octanol–water partition coefficient (Wildman–Crippen LogP) is 3.44. The van der Waals surface area contributed by atoms with Crippen molar-refractivity contribution in [2.24, 2.45) is 0 Å². The molecule has 0 saturated carbocycles. The fraction of sp³-hybridized carbons (Fsp3) is 0.357. The second-order valence-corrected chi connectivity index (χ2v) is 9.36. The van der Waals surface area contributed by atoms with Crippen molar-refractivity contribution >= 4 is 22.8 Å². The summed E-state index contributed by atoms with van der Waals surface area (Å²) in [7, 11) is 0. The Kier molecular flexibility index (Phi) is 7.60. The number of rotatable bonds is 10. The van der Waals surface area contributed by atoms with Crippen molar-refractivity contribution in [3.05, 3.63) is 83.8 Å². The van der Waals surface area contributed by atoms with Crippen LogP contribution in [-0.2, 0) is 27.3 Å². The van der Waals surface area contributed by atoms with Crippen LogP contribution in [0.25, 0.3) is 11.0 Å². The lowest BCUT2D eigenvalue weighted by Gasteiger charge is -2.30. The molecule has 1 aliphatic heterocycles. The number of ether oxygens (including phenoxy) is 1. The normalized spacial score (nSPS) is 16.1. The van der Waals surface area contributed by atoms with Gasteiger partial charge in [0.1, 0.15) is 17.8 Å². The van der Waals surface area contributed by atoms with Gasteiger partial charge in [-0.05, 0) is 56.0 Å². The second-order valence-electron chi connectivity index (χ2n) is 9.36. The first-order chi connectivity index (χ1) is 18.1. The first-order valence-corrected chi connectivity index (χ1v) is 12.6. The molecular formula is C28H31N5O4. The highest BCUT2D eigenvalue weighted by molar-refractivity contribution is 5.88. The molecule has 9 heteroatoms. The highest BCUT2D eigenvalue weighted by atomic mass is 16.5.